The summed E-state index contributed by atoms with van der Waals surface area (Å²) < 4.78 is 7.55. The monoisotopic (exact) mass is 224 g/mol. The van der Waals surface area contributed by atoms with E-state index < -0.39 is 0 Å². The van der Waals surface area contributed by atoms with Crippen LogP contribution in [0.1, 0.15) is 13.8 Å². The standard InChI is InChI=1S/C11H20N4O/c1-11(2)9-14(7-8-16-11)5-6-15-4-3-10(12)13-15/h3-4H,5-9H2,1-2H3,(H2,12,13). The molecule has 0 bridgehead atoms. The Labute approximate surface area is 96.2 Å². The van der Waals surface area contributed by atoms with Gasteiger partial charge in [-0.15, -0.1) is 0 Å². The first-order valence-electron chi connectivity index (χ1n) is 5.70. The zero-order valence-electron chi connectivity index (χ0n) is 10.0. The number of aromatic nitrogens is 2. The van der Waals surface area contributed by atoms with Crippen LogP contribution in [0.15, 0.2) is 12.3 Å². The van der Waals surface area contributed by atoms with Crippen molar-refractivity contribution in [3.63, 3.8) is 0 Å². The highest BCUT2D eigenvalue weighted by molar-refractivity contribution is 5.23. The van der Waals surface area contributed by atoms with Gasteiger partial charge in [0, 0.05) is 25.8 Å². The molecule has 0 aromatic carbocycles. The van der Waals surface area contributed by atoms with Crippen molar-refractivity contribution < 1.29 is 4.74 Å². The Kier molecular flexibility index (Phi) is 3.16. The van der Waals surface area contributed by atoms with Crippen LogP contribution in [-0.4, -0.2) is 46.5 Å². The fourth-order valence-electron chi connectivity index (χ4n) is 2.05. The SMILES string of the molecule is CC1(C)CN(CCn2ccc(N)n2)CCO1. The molecule has 0 radical (unpaired) electrons. The highest BCUT2D eigenvalue weighted by atomic mass is 16.5. The van der Waals surface area contributed by atoms with E-state index in [2.05, 4.69) is 23.8 Å². The van der Waals surface area contributed by atoms with Crippen molar-refractivity contribution in [2.45, 2.75) is 26.0 Å². The largest absolute Gasteiger partial charge is 0.382 e. The smallest absolute Gasteiger partial charge is 0.145 e. The Balaban J connectivity index is 1.82. The summed E-state index contributed by atoms with van der Waals surface area (Å²) in [5, 5.41) is 4.17. The molecular formula is C11H20N4O. The summed E-state index contributed by atoms with van der Waals surface area (Å²) in [7, 11) is 0. The maximum absolute atomic E-state index is 5.67. The maximum atomic E-state index is 5.67. The maximum Gasteiger partial charge on any atom is 0.145 e. The van der Waals surface area contributed by atoms with Crippen LogP contribution in [-0.2, 0) is 11.3 Å². The van der Waals surface area contributed by atoms with Crippen molar-refractivity contribution in [2.75, 3.05) is 32.0 Å². The predicted molar refractivity (Wildman–Crippen MR) is 63.1 cm³/mol. The number of nitrogens with two attached hydrogens (primary N) is 1. The van der Waals surface area contributed by atoms with Gasteiger partial charge >= 0.3 is 0 Å². The summed E-state index contributed by atoms with van der Waals surface area (Å²) in [4.78, 5) is 2.40. The van der Waals surface area contributed by atoms with E-state index in [1.165, 1.54) is 0 Å². The van der Waals surface area contributed by atoms with E-state index in [0.717, 1.165) is 32.8 Å². The minimum absolute atomic E-state index is 0.0264. The molecule has 2 heterocycles. The molecule has 1 aromatic rings. The van der Waals surface area contributed by atoms with E-state index in [1.807, 2.05) is 16.9 Å². The molecular weight excluding hydrogens is 204 g/mol. The van der Waals surface area contributed by atoms with Crippen LogP contribution in [0.4, 0.5) is 5.82 Å². The van der Waals surface area contributed by atoms with E-state index in [4.69, 9.17) is 10.5 Å². The number of hydrogen-bond acceptors (Lipinski definition) is 4. The Morgan fingerprint density at radius 2 is 2.31 bits per heavy atom. The van der Waals surface area contributed by atoms with Crippen LogP contribution < -0.4 is 5.73 Å². The van der Waals surface area contributed by atoms with Crippen LogP contribution in [0, 0.1) is 0 Å². The summed E-state index contributed by atoms with van der Waals surface area (Å²) in [6, 6.07) is 1.82. The van der Waals surface area contributed by atoms with E-state index in [9.17, 15) is 0 Å². The van der Waals surface area contributed by atoms with Crippen molar-refractivity contribution >= 4 is 5.82 Å². The minimum atomic E-state index is -0.0264. The van der Waals surface area contributed by atoms with Gasteiger partial charge in [0.25, 0.3) is 0 Å². The van der Waals surface area contributed by atoms with Crippen molar-refractivity contribution in [3.8, 4) is 0 Å². The van der Waals surface area contributed by atoms with Gasteiger partial charge in [-0.2, -0.15) is 5.10 Å². The van der Waals surface area contributed by atoms with Gasteiger partial charge in [0.2, 0.25) is 0 Å². The van der Waals surface area contributed by atoms with Gasteiger partial charge in [0.1, 0.15) is 5.82 Å². The average Bonchev–Trinajstić information content (AvgIpc) is 2.60. The number of hydrogen-bond donors (Lipinski definition) is 1. The Bertz CT molecular complexity index is 348. The average molecular weight is 224 g/mol. The van der Waals surface area contributed by atoms with Gasteiger partial charge in [-0.25, -0.2) is 0 Å². The molecule has 0 spiro atoms. The fourth-order valence-corrected chi connectivity index (χ4v) is 2.05. The zero-order chi connectivity index (χ0) is 11.6. The number of nitrogens with zero attached hydrogens (tertiary/aromatic N) is 3. The second-order valence-electron chi connectivity index (χ2n) is 4.89. The van der Waals surface area contributed by atoms with Crippen LogP contribution in [0.2, 0.25) is 0 Å². The van der Waals surface area contributed by atoms with Gasteiger partial charge in [-0.3, -0.25) is 9.58 Å². The van der Waals surface area contributed by atoms with Crippen LogP contribution in [0.5, 0.6) is 0 Å². The third-order valence-corrected chi connectivity index (χ3v) is 2.81. The molecule has 2 N–H and O–H groups in total. The van der Waals surface area contributed by atoms with Gasteiger partial charge < -0.3 is 10.5 Å². The Morgan fingerprint density at radius 3 is 2.94 bits per heavy atom. The summed E-state index contributed by atoms with van der Waals surface area (Å²) in [6.07, 6.45) is 1.92. The molecule has 1 aliphatic rings. The number of anilines is 1. The first kappa shape index (κ1) is 11.4. The van der Waals surface area contributed by atoms with Gasteiger partial charge in [0.15, 0.2) is 0 Å². The molecule has 16 heavy (non-hydrogen) atoms. The summed E-state index contributed by atoms with van der Waals surface area (Å²) >= 11 is 0. The molecule has 1 saturated heterocycles. The second-order valence-corrected chi connectivity index (χ2v) is 4.89. The lowest BCUT2D eigenvalue weighted by Gasteiger charge is -2.38. The molecule has 0 amide bonds. The summed E-state index contributed by atoms with van der Waals surface area (Å²) in [6.45, 7) is 8.93. The summed E-state index contributed by atoms with van der Waals surface area (Å²) in [5.41, 5.74) is 5.54. The van der Waals surface area contributed by atoms with Crippen molar-refractivity contribution in [1.82, 2.24) is 14.7 Å². The van der Waals surface area contributed by atoms with Crippen LogP contribution in [0.25, 0.3) is 0 Å². The number of morpholine rings is 1. The molecule has 2 rings (SSSR count). The van der Waals surface area contributed by atoms with Crippen molar-refractivity contribution in [1.29, 1.82) is 0 Å². The third kappa shape index (κ3) is 2.96. The first-order chi connectivity index (χ1) is 7.55. The van der Waals surface area contributed by atoms with Crippen molar-refractivity contribution in [3.05, 3.63) is 12.3 Å². The van der Waals surface area contributed by atoms with E-state index >= 15 is 0 Å². The molecule has 0 unspecified atom stereocenters. The quantitative estimate of drug-likeness (QED) is 0.816. The van der Waals surface area contributed by atoms with Crippen LogP contribution in [0.3, 0.4) is 0 Å². The third-order valence-electron chi connectivity index (χ3n) is 2.81. The van der Waals surface area contributed by atoms with E-state index in [1.54, 1.807) is 0 Å². The lowest BCUT2D eigenvalue weighted by Crippen LogP contribution is -2.49. The Hall–Kier alpha value is -1.07. The van der Waals surface area contributed by atoms with E-state index in [-0.39, 0.29) is 5.60 Å². The normalized spacial score (nSPS) is 21.1. The number of nitrogen functional groups attached to an aromatic ring is 1. The fraction of sp³-hybridized carbons (Fsp3) is 0.727. The number of ether oxygens (including phenoxy) is 1. The zero-order valence-corrected chi connectivity index (χ0v) is 10.0. The molecule has 0 aliphatic carbocycles. The molecule has 0 saturated carbocycles. The molecule has 1 aromatic heterocycles. The molecule has 0 atom stereocenters. The number of rotatable bonds is 3. The highest BCUT2D eigenvalue weighted by Gasteiger charge is 2.26. The lowest BCUT2D eigenvalue weighted by atomic mass is 10.1. The minimum Gasteiger partial charge on any atom is -0.382 e. The molecule has 5 nitrogen and oxygen atoms in total. The van der Waals surface area contributed by atoms with Gasteiger partial charge in [0.05, 0.1) is 18.8 Å². The molecule has 5 heteroatoms. The highest BCUT2D eigenvalue weighted by Crippen LogP contribution is 2.16. The van der Waals surface area contributed by atoms with Crippen LogP contribution >= 0.6 is 0 Å². The lowest BCUT2D eigenvalue weighted by molar-refractivity contribution is -0.0866. The molecule has 1 aliphatic heterocycles. The van der Waals surface area contributed by atoms with Gasteiger partial charge in [-0.1, -0.05) is 0 Å². The summed E-state index contributed by atoms with van der Waals surface area (Å²) in [5.74, 6) is 0.585. The topological polar surface area (TPSA) is 56.3 Å². The molecule has 1 fully saturated rings. The first-order valence-corrected chi connectivity index (χ1v) is 5.70. The predicted octanol–water partition coefficient (Wildman–Crippen LogP) is 0.576. The van der Waals surface area contributed by atoms with Gasteiger partial charge in [-0.05, 0) is 19.9 Å². The van der Waals surface area contributed by atoms with E-state index in [0.29, 0.717) is 5.82 Å². The second kappa shape index (κ2) is 4.43. The van der Waals surface area contributed by atoms with Crippen molar-refractivity contribution in [2.24, 2.45) is 0 Å². The Morgan fingerprint density at radius 1 is 1.50 bits per heavy atom. The molecule has 90 valence electrons.